The quantitative estimate of drug-likeness (QED) is 0.332. The van der Waals surface area contributed by atoms with E-state index in [0.717, 1.165) is 12.8 Å². The lowest BCUT2D eigenvalue weighted by Gasteiger charge is -2.14. The molecule has 0 fully saturated rings. The Morgan fingerprint density at radius 1 is 1.38 bits per heavy atom. The number of rotatable bonds is 8. The highest BCUT2D eigenvalue weighted by atomic mass is 16.6. The third-order valence-corrected chi connectivity index (χ3v) is 3.35. The van der Waals surface area contributed by atoms with Gasteiger partial charge in [0, 0.05) is 17.7 Å². The van der Waals surface area contributed by atoms with Gasteiger partial charge in [-0.3, -0.25) is 14.9 Å². The highest BCUT2D eigenvalue weighted by Crippen LogP contribution is 2.22. The molecule has 3 N–H and O–H groups in total. The molecule has 21 heavy (non-hydrogen) atoms. The number of carbonyl (C=O) groups excluding carboxylic acids is 1. The summed E-state index contributed by atoms with van der Waals surface area (Å²) >= 11 is 0. The lowest BCUT2D eigenvalue weighted by atomic mass is 10.1. The molecule has 1 rings (SSSR count). The molecular formula is C15H23N3O3. The van der Waals surface area contributed by atoms with Crippen molar-refractivity contribution in [2.45, 2.75) is 52.0 Å². The molecule has 0 spiro atoms. The first-order chi connectivity index (χ1) is 9.95. The third kappa shape index (κ3) is 5.41. The van der Waals surface area contributed by atoms with E-state index in [1.165, 1.54) is 37.5 Å². The van der Waals surface area contributed by atoms with E-state index in [-0.39, 0.29) is 23.3 Å². The molecule has 1 atom stereocenters. The van der Waals surface area contributed by atoms with E-state index >= 15 is 0 Å². The number of nitrogens with one attached hydrogen (secondary N) is 1. The molecule has 1 unspecified atom stereocenters. The van der Waals surface area contributed by atoms with Crippen molar-refractivity contribution in [2.75, 3.05) is 5.73 Å². The minimum Gasteiger partial charge on any atom is -0.393 e. The van der Waals surface area contributed by atoms with Crippen LogP contribution in [0.1, 0.15) is 56.3 Å². The second-order valence-electron chi connectivity index (χ2n) is 5.25. The number of nitrogens with two attached hydrogens (primary N) is 1. The smallest absolute Gasteiger partial charge is 0.292 e. The molecule has 0 heterocycles. The predicted molar refractivity (Wildman–Crippen MR) is 83.2 cm³/mol. The zero-order valence-electron chi connectivity index (χ0n) is 12.6. The number of nitro groups is 1. The van der Waals surface area contributed by atoms with Gasteiger partial charge in [-0.05, 0) is 25.5 Å². The van der Waals surface area contributed by atoms with Gasteiger partial charge in [-0.2, -0.15) is 0 Å². The molecule has 116 valence electrons. The third-order valence-electron chi connectivity index (χ3n) is 3.35. The first kappa shape index (κ1) is 16.9. The lowest BCUT2D eigenvalue weighted by molar-refractivity contribution is -0.383. The van der Waals surface area contributed by atoms with Crippen LogP contribution in [-0.2, 0) is 0 Å². The van der Waals surface area contributed by atoms with Gasteiger partial charge in [0.25, 0.3) is 11.6 Å². The molecule has 0 aliphatic rings. The minimum atomic E-state index is -0.562. The Hall–Kier alpha value is -2.11. The van der Waals surface area contributed by atoms with Crippen LogP contribution >= 0.6 is 0 Å². The summed E-state index contributed by atoms with van der Waals surface area (Å²) < 4.78 is 0. The van der Waals surface area contributed by atoms with E-state index in [2.05, 4.69) is 12.2 Å². The van der Waals surface area contributed by atoms with Gasteiger partial charge in [-0.1, -0.05) is 32.6 Å². The maximum absolute atomic E-state index is 12.0. The summed E-state index contributed by atoms with van der Waals surface area (Å²) in [5.74, 6) is -0.250. The van der Waals surface area contributed by atoms with Crippen molar-refractivity contribution in [3.05, 3.63) is 33.9 Å². The maximum atomic E-state index is 12.0. The summed E-state index contributed by atoms with van der Waals surface area (Å²) in [6, 6.07) is 4.10. The Morgan fingerprint density at radius 2 is 2.10 bits per heavy atom. The van der Waals surface area contributed by atoms with Gasteiger partial charge in [-0.15, -0.1) is 0 Å². The first-order valence-corrected chi connectivity index (χ1v) is 7.30. The highest BCUT2D eigenvalue weighted by molar-refractivity contribution is 5.95. The van der Waals surface area contributed by atoms with E-state index in [0.29, 0.717) is 5.56 Å². The zero-order valence-corrected chi connectivity index (χ0v) is 12.6. The van der Waals surface area contributed by atoms with Crippen molar-refractivity contribution in [2.24, 2.45) is 0 Å². The number of benzene rings is 1. The standard InChI is InChI=1S/C15H23N3O3/c1-3-4-5-6-7-11(2)17-15(19)12-8-9-14(18(20)21)13(16)10-12/h8-11H,3-7,16H2,1-2H3,(H,17,19). The first-order valence-electron chi connectivity index (χ1n) is 7.30. The number of carbonyl (C=O) groups is 1. The second-order valence-corrected chi connectivity index (χ2v) is 5.25. The van der Waals surface area contributed by atoms with Crippen LogP contribution < -0.4 is 11.1 Å². The van der Waals surface area contributed by atoms with Crippen LogP contribution in [0.2, 0.25) is 0 Å². The van der Waals surface area contributed by atoms with E-state index < -0.39 is 4.92 Å². The Morgan fingerprint density at radius 3 is 2.67 bits per heavy atom. The number of nitrogens with zero attached hydrogens (tertiary/aromatic N) is 1. The predicted octanol–water partition coefficient (Wildman–Crippen LogP) is 3.27. The number of hydrogen-bond donors (Lipinski definition) is 2. The second kappa shape index (κ2) is 8.24. The molecule has 0 aliphatic carbocycles. The molecule has 1 amide bonds. The number of anilines is 1. The molecule has 0 radical (unpaired) electrons. The highest BCUT2D eigenvalue weighted by Gasteiger charge is 2.15. The molecule has 0 saturated carbocycles. The fourth-order valence-corrected chi connectivity index (χ4v) is 2.12. The monoisotopic (exact) mass is 293 g/mol. The molecule has 6 nitrogen and oxygen atoms in total. The molecule has 0 bridgehead atoms. The van der Waals surface area contributed by atoms with Crippen LogP contribution in [0, 0.1) is 10.1 Å². The molecular weight excluding hydrogens is 270 g/mol. The van der Waals surface area contributed by atoms with E-state index in [1.54, 1.807) is 0 Å². The number of hydrogen-bond acceptors (Lipinski definition) is 4. The summed E-state index contributed by atoms with van der Waals surface area (Å²) in [6.07, 6.45) is 5.56. The largest absolute Gasteiger partial charge is 0.393 e. The summed E-state index contributed by atoms with van der Waals surface area (Å²) in [4.78, 5) is 22.2. The number of nitrogen functional groups attached to an aromatic ring is 1. The van der Waals surface area contributed by atoms with Crippen molar-refractivity contribution >= 4 is 17.3 Å². The van der Waals surface area contributed by atoms with Gasteiger partial charge in [-0.25, -0.2) is 0 Å². The Bertz CT molecular complexity index is 503. The summed E-state index contributed by atoms with van der Waals surface area (Å²) in [5, 5.41) is 13.6. The Labute approximate surface area is 124 Å². The van der Waals surface area contributed by atoms with Gasteiger partial charge in [0.2, 0.25) is 0 Å². The minimum absolute atomic E-state index is 0.00301. The van der Waals surface area contributed by atoms with Gasteiger partial charge >= 0.3 is 0 Å². The normalized spacial score (nSPS) is 11.9. The molecule has 0 aliphatic heterocycles. The molecule has 1 aromatic rings. The lowest BCUT2D eigenvalue weighted by Crippen LogP contribution is -2.32. The van der Waals surface area contributed by atoms with Gasteiger partial charge < -0.3 is 11.1 Å². The fraction of sp³-hybridized carbons (Fsp3) is 0.533. The molecule has 0 saturated heterocycles. The van der Waals surface area contributed by atoms with Crippen LogP contribution in [0.5, 0.6) is 0 Å². The van der Waals surface area contributed by atoms with Gasteiger partial charge in [0.05, 0.1) is 4.92 Å². The molecule has 1 aromatic carbocycles. The SMILES string of the molecule is CCCCCCC(C)NC(=O)c1ccc([N+](=O)[O-])c(N)c1. The van der Waals surface area contributed by atoms with Crippen LogP contribution in [0.25, 0.3) is 0 Å². The van der Waals surface area contributed by atoms with E-state index in [9.17, 15) is 14.9 Å². The van der Waals surface area contributed by atoms with Crippen molar-refractivity contribution in [3.8, 4) is 0 Å². The Kier molecular flexibility index (Phi) is 6.65. The van der Waals surface area contributed by atoms with Crippen LogP contribution in [-0.4, -0.2) is 16.9 Å². The van der Waals surface area contributed by atoms with E-state index in [1.807, 2.05) is 6.92 Å². The fourth-order valence-electron chi connectivity index (χ4n) is 2.12. The maximum Gasteiger partial charge on any atom is 0.292 e. The Balaban J connectivity index is 2.55. The van der Waals surface area contributed by atoms with Crippen LogP contribution in [0.3, 0.4) is 0 Å². The number of amides is 1. The summed E-state index contributed by atoms with van der Waals surface area (Å²) in [6.45, 7) is 4.11. The summed E-state index contributed by atoms with van der Waals surface area (Å²) in [5.41, 5.74) is 5.75. The van der Waals surface area contributed by atoms with Crippen LogP contribution in [0.15, 0.2) is 18.2 Å². The van der Waals surface area contributed by atoms with Gasteiger partial charge in [0.1, 0.15) is 5.69 Å². The van der Waals surface area contributed by atoms with Gasteiger partial charge in [0.15, 0.2) is 0 Å². The van der Waals surface area contributed by atoms with Crippen molar-refractivity contribution < 1.29 is 9.72 Å². The topological polar surface area (TPSA) is 98.3 Å². The van der Waals surface area contributed by atoms with E-state index in [4.69, 9.17) is 5.73 Å². The summed E-state index contributed by atoms with van der Waals surface area (Å²) in [7, 11) is 0. The van der Waals surface area contributed by atoms with Crippen molar-refractivity contribution in [1.29, 1.82) is 0 Å². The number of nitro benzene ring substituents is 1. The van der Waals surface area contributed by atoms with Crippen LogP contribution in [0.4, 0.5) is 11.4 Å². The molecule has 6 heteroatoms. The average Bonchev–Trinajstić information content (AvgIpc) is 2.43. The van der Waals surface area contributed by atoms with Crippen molar-refractivity contribution in [3.63, 3.8) is 0 Å². The average molecular weight is 293 g/mol. The zero-order chi connectivity index (χ0) is 15.8. The van der Waals surface area contributed by atoms with Crippen molar-refractivity contribution in [1.82, 2.24) is 5.32 Å². The number of unbranched alkanes of at least 4 members (excludes halogenated alkanes) is 3. The molecule has 0 aromatic heterocycles.